The Kier molecular flexibility index (Phi) is 4.13. The molecule has 0 bridgehead atoms. The predicted octanol–water partition coefficient (Wildman–Crippen LogP) is 1.61. The molecule has 86 valence electrons. The molecule has 0 amide bonds. The van der Waals surface area contributed by atoms with Crippen LogP contribution in [-0.4, -0.2) is 23.6 Å². The van der Waals surface area contributed by atoms with Gasteiger partial charge >= 0.3 is 5.97 Å². The van der Waals surface area contributed by atoms with Crippen molar-refractivity contribution in [3.63, 3.8) is 0 Å². The molecule has 0 spiro atoms. The Hall–Kier alpha value is -1.75. The lowest BCUT2D eigenvalue weighted by Crippen LogP contribution is -2.15. The van der Waals surface area contributed by atoms with Gasteiger partial charge in [-0.25, -0.2) is 4.79 Å². The maximum absolute atomic E-state index is 11.4. The van der Waals surface area contributed by atoms with Gasteiger partial charge in [0.15, 0.2) is 5.84 Å². The molecule has 3 N–H and O–H groups in total. The zero-order chi connectivity index (χ0) is 12.1. The van der Waals surface area contributed by atoms with Gasteiger partial charge in [-0.15, -0.1) is 0 Å². The van der Waals surface area contributed by atoms with Crippen molar-refractivity contribution in [2.45, 2.75) is 6.92 Å². The number of nitrogens with zero attached hydrogens (tertiary/aromatic N) is 1. The molecule has 0 saturated heterocycles. The second kappa shape index (κ2) is 5.37. The van der Waals surface area contributed by atoms with Gasteiger partial charge < -0.3 is 15.7 Å². The topological polar surface area (TPSA) is 84.9 Å². The number of oxime groups is 1. The van der Waals surface area contributed by atoms with E-state index in [4.69, 9.17) is 27.3 Å². The summed E-state index contributed by atoms with van der Waals surface area (Å²) in [4.78, 5) is 11.4. The summed E-state index contributed by atoms with van der Waals surface area (Å²) in [5.41, 5.74) is 5.99. The summed E-state index contributed by atoms with van der Waals surface area (Å²) in [5.74, 6) is -0.637. The summed E-state index contributed by atoms with van der Waals surface area (Å²) in [5, 5.41) is 11.7. The summed E-state index contributed by atoms with van der Waals surface area (Å²) in [6.07, 6.45) is 0. The molecule has 0 heterocycles. The number of halogens is 1. The van der Waals surface area contributed by atoms with E-state index < -0.39 is 5.97 Å². The van der Waals surface area contributed by atoms with Gasteiger partial charge in [-0.3, -0.25) is 0 Å². The summed E-state index contributed by atoms with van der Waals surface area (Å²) < 4.78 is 4.81. The first-order chi connectivity index (χ1) is 7.60. The highest BCUT2D eigenvalue weighted by Crippen LogP contribution is 2.18. The lowest BCUT2D eigenvalue weighted by molar-refractivity contribution is 0.0526. The van der Waals surface area contributed by atoms with Crippen LogP contribution < -0.4 is 5.73 Å². The zero-order valence-electron chi connectivity index (χ0n) is 8.61. The van der Waals surface area contributed by atoms with Crippen molar-refractivity contribution in [1.29, 1.82) is 0 Å². The van der Waals surface area contributed by atoms with E-state index >= 15 is 0 Å². The molecule has 0 atom stereocenters. The molecule has 0 aromatic heterocycles. The second-order valence-electron chi connectivity index (χ2n) is 2.90. The van der Waals surface area contributed by atoms with E-state index in [1.54, 1.807) is 6.92 Å². The van der Waals surface area contributed by atoms with Crippen LogP contribution in [0.4, 0.5) is 0 Å². The highest BCUT2D eigenvalue weighted by atomic mass is 35.5. The Labute approximate surface area is 97.5 Å². The summed E-state index contributed by atoms with van der Waals surface area (Å²) in [7, 11) is 0. The molecular formula is C10H11ClN2O3. The summed E-state index contributed by atoms with van der Waals surface area (Å²) >= 11 is 5.83. The van der Waals surface area contributed by atoms with Gasteiger partial charge in [-0.1, -0.05) is 16.8 Å². The van der Waals surface area contributed by atoms with Crippen LogP contribution in [0.5, 0.6) is 0 Å². The minimum Gasteiger partial charge on any atom is -0.462 e. The molecular weight excluding hydrogens is 232 g/mol. The lowest BCUT2D eigenvalue weighted by atomic mass is 10.1. The molecule has 0 saturated carbocycles. The van der Waals surface area contributed by atoms with Gasteiger partial charge in [0.1, 0.15) is 0 Å². The first kappa shape index (κ1) is 12.3. The molecule has 6 heteroatoms. The molecule has 1 aromatic carbocycles. The Bertz CT molecular complexity index is 432. The molecule has 1 aromatic rings. The number of carbonyl (C=O) groups is 1. The van der Waals surface area contributed by atoms with Crippen molar-refractivity contribution in [1.82, 2.24) is 0 Å². The standard InChI is InChI=1S/C10H11ClN2O3/c1-2-16-10(14)6-3-4-8(11)7(5-6)9(12)13-15/h3-5,15H,2H2,1H3,(H2,12,13). The maximum Gasteiger partial charge on any atom is 0.338 e. The zero-order valence-corrected chi connectivity index (χ0v) is 9.36. The minimum absolute atomic E-state index is 0.156. The third-order valence-corrected chi connectivity index (χ3v) is 2.19. The van der Waals surface area contributed by atoms with Crippen molar-refractivity contribution in [2.24, 2.45) is 10.9 Å². The van der Waals surface area contributed by atoms with Crippen molar-refractivity contribution < 1.29 is 14.7 Å². The smallest absolute Gasteiger partial charge is 0.338 e. The number of ether oxygens (including phenoxy) is 1. The Morgan fingerprint density at radius 3 is 2.88 bits per heavy atom. The van der Waals surface area contributed by atoms with Crippen LogP contribution in [0.1, 0.15) is 22.8 Å². The fraction of sp³-hybridized carbons (Fsp3) is 0.200. The molecule has 0 unspecified atom stereocenters. The number of carbonyl (C=O) groups excluding carboxylic acids is 1. The normalized spacial score (nSPS) is 11.2. The average Bonchev–Trinajstić information content (AvgIpc) is 2.29. The number of esters is 1. The van der Waals surface area contributed by atoms with Crippen molar-refractivity contribution >= 4 is 23.4 Å². The van der Waals surface area contributed by atoms with Crippen LogP contribution in [0.25, 0.3) is 0 Å². The summed E-state index contributed by atoms with van der Waals surface area (Å²) in [6, 6.07) is 4.41. The van der Waals surface area contributed by atoms with Gasteiger partial charge in [0.25, 0.3) is 0 Å². The first-order valence-corrected chi connectivity index (χ1v) is 4.92. The van der Waals surface area contributed by atoms with Crippen LogP contribution in [0.2, 0.25) is 5.02 Å². The van der Waals surface area contributed by atoms with Crippen LogP contribution in [0.15, 0.2) is 23.4 Å². The van der Waals surface area contributed by atoms with E-state index in [9.17, 15) is 4.79 Å². The molecule has 5 nitrogen and oxygen atoms in total. The van der Waals surface area contributed by atoms with Crippen LogP contribution in [0, 0.1) is 0 Å². The number of hydrogen-bond acceptors (Lipinski definition) is 4. The third-order valence-electron chi connectivity index (χ3n) is 1.86. The predicted molar refractivity (Wildman–Crippen MR) is 59.9 cm³/mol. The fourth-order valence-electron chi connectivity index (χ4n) is 1.12. The van der Waals surface area contributed by atoms with Gasteiger partial charge in [-0.2, -0.15) is 0 Å². The molecule has 1 rings (SSSR count). The number of hydrogen-bond donors (Lipinski definition) is 2. The highest BCUT2D eigenvalue weighted by molar-refractivity contribution is 6.34. The number of nitrogens with two attached hydrogens (primary N) is 1. The van der Waals surface area contributed by atoms with Gasteiger partial charge in [0.05, 0.1) is 17.2 Å². The highest BCUT2D eigenvalue weighted by Gasteiger charge is 2.11. The number of amidine groups is 1. The first-order valence-electron chi connectivity index (χ1n) is 4.54. The van der Waals surface area contributed by atoms with Gasteiger partial charge in [-0.05, 0) is 25.1 Å². The van der Waals surface area contributed by atoms with E-state index in [-0.39, 0.29) is 18.0 Å². The molecule has 0 aliphatic heterocycles. The van der Waals surface area contributed by atoms with Crippen molar-refractivity contribution in [3.8, 4) is 0 Å². The molecule has 0 aliphatic carbocycles. The van der Waals surface area contributed by atoms with E-state index in [2.05, 4.69) is 5.16 Å². The molecule has 16 heavy (non-hydrogen) atoms. The lowest BCUT2D eigenvalue weighted by Gasteiger charge is -2.05. The monoisotopic (exact) mass is 242 g/mol. The van der Waals surface area contributed by atoms with Gasteiger partial charge in [0, 0.05) is 5.56 Å². The number of rotatable bonds is 3. The Morgan fingerprint density at radius 2 is 2.31 bits per heavy atom. The van der Waals surface area contributed by atoms with Gasteiger partial charge in [0.2, 0.25) is 0 Å². The summed E-state index contributed by atoms with van der Waals surface area (Å²) in [6.45, 7) is 1.98. The second-order valence-corrected chi connectivity index (χ2v) is 3.31. The minimum atomic E-state index is -0.480. The van der Waals surface area contributed by atoms with E-state index in [0.29, 0.717) is 10.6 Å². The maximum atomic E-state index is 11.4. The fourth-order valence-corrected chi connectivity index (χ4v) is 1.33. The quantitative estimate of drug-likeness (QED) is 0.277. The van der Waals surface area contributed by atoms with Crippen LogP contribution >= 0.6 is 11.6 Å². The molecule has 0 radical (unpaired) electrons. The van der Waals surface area contributed by atoms with E-state index in [1.165, 1.54) is 18.2 Å². The van der Waals surface area contributed by atoms with Crippen LogP contribution in [0.3, 0.4) is 0 Å². The number of benzene rings is 1. The van der Waals surface area contributed by atoms with E-state index in [0.717, 1.165) is 0 Å². The Balaban J connectivity index is 3.12. The molecule has 0 fully saturated rings. The van der Waals surface area contributed by atoms with Crippen molar-refractivity contribution in [3.05, 3.63) is 34.3 Å². The molecule has 0 aliphatic rings. The third kappa shape index (κ3) is 2.64. The van der Waals surface area contributed by atoms with E-state index in [1.807, 2.05) is 0 Å². The largest absolute Gasteiger partial charge is 0.462 e. The van der Waals surface area contributed by atoms with Crippen molar-refractivity contribution in [2.75, 3.05) is 6.61 Å². The van der Waals surface area contributed by atoms with Crippen LogP contribution in [-0.2, 0) is 4.74 Å². The Morgan fingerprint density at radius 1 is 1.62 bits per heavy atom. The average molecular weight is 243 g/mol. The SMILES string of the molecule is CCOC(=O)c1ccc(Cl)c(C(N)=NO)c1.